The van der Waals surface area contributed by atoms with Crippen molar-refractivity contribution in [1.82, 2.24) is 0 Å². The lowest BCUT2D eigenvalue weighted by Gasteiger charge is -2.05. The molecule has 96 valence electrons. The van der Waals surface area contributed by atoms with Gasteiger partial charge in [0.2, 0.25) is 5.91 Å². The number of rotatable bonds is 1. The zero-order valence-electron chi connectivity index (χ0n) is 8.38. The Morgan fingerprint density at radius 1 is 1.29 bits per heavy atom. The fourth-order valence-corrected chi connectivity index (χ4v) is 1.78. The molecule has 0 aliphatic rings. The van der Waals surface area contributed by atoms with Crippen molar-refractivity contribution in [2.24, 2.45) is 0 Å². The SMILES string of the molecule is CC(=O)Nc1cccc(I)c1I.O=S(=O)(Cl)Cl. The summed E-state index contributed by atoms with van der Waals surface area (Å²) in [5, 5.41) is 2.76. The lowest BCUT2D eigenvalue weighted by atomic mass is 10.3. The predicted molar refractivity (Wildman–Crippen MR) is 86.8 cm³/mol. The third-order valence-electron chi connectivity index (χ3n) is 1.26. The second-order valence-electron chi connectivity index (χ2n) is 2.66. The van der Waals surface area contributed by atoms with Crippen LogP contribution in [0, 0.1) is 7.14 Å². The molecule has 0 aliphatic carbocycles. The van der Waals surface area contributed by atoms with Crippen molar-refractivity contribution in [3.05, 3.63) is 25.3 Å². The summed E-state index contributed by atoms with van der Waals surface area (Å²) in [5.41, 5.74) is 0.884. The fraction of sp³-hybridized carbons (Fsp3) is 0.125. The third-order valence-corrected chi connectivity index (χ3v) is 4.36. The molecule has 0 spiro atoms. The van der Waals surface area contributed by atoms with Crippen LogP contribution in [0.25, 0.3) is 0 Å². The molecule has 0 aliphatic heterocycles. The quantitative estimate of drug-likeness (QED) is 0.454. The van der Waals surface area contributed by atoms with Crippen molar-refractivity contribution < 1.29 is 13.2 Å². The molecule has 1 amide bonds. The van der Waals surface area contributed by atoms with Crippen LogP contribution in [-0.2, 0) is 13.1 Å². The van der Waals surface area contributed by atoms with E-state index in [1.54, 1.807) is 0 Å². The first kappa shape index (κ1) is 17.7. The summed E-state index contributed by atoms with van der Waals surface area (Å²) in [6, 6.07) is 5.83. The summed E-state index contributed by atoms with van der Waals surface area (Å²) >= 11 is 4.45. The van der Waals surface area contributed by atoms with Gasteiger partial charge in [-0.2, -0.15) is 8.42 Å². The number of carbonyl (C=O) groups is 1. The Morgan fingerprint density at radius 3 is 2.18 bits per heavy atom. The van der Waals surface area contributed by atoms with E-state index in [1.165, 1.54) is 6.92 Å². The molecule has 1 aromatic rings. The van der Waals surface area contributed by atoms with Gasteiger partial charge in [0.1, 0.15) is 0 Å². The van der Waals surface area contributed by atoms with E-state index in [9.17, 15) is 4.79 Å². The Kier molecular flexibility index (Phi) is 8.29. The fourth-order valence-electron chi connectivity index (χ4n) is 0.790. The Balaban J connectivity index is 0.000000437. The highest BCUT2D eigenvalue weighted by Crippen LogP contribution is 2.23. The average molecular weight is 522 g/mol. The van der Waals surface area contributed by atoms with Gasteiger partial charge in [0.05, 0.1) is 5.69 Å². The van der Waals surface area contributed by atoms with E-state index in [-0.39, 0.29) is 5.91 Å². The highest BCUT2D eigenvalue weighted by Gasteiger charge is 2.03. The Bertz CT molecular complexity index is 499. The maximum absolute atomic E-state index is 10.8. The Morgan fingerprint density at radius 2 is 1.76 bits per heavy atom. The predicted octanol–water partition coefficient (Wildman–Crippen LogP) is 3.56. The normalized spacial score (nSPS) is 10.2. The molecule has 1 rings (SSSR count). The molecule has 4 nitrogen and oxygen atoms in total. The molecule has 1 N–H and O–H groups in total. The van der Waals surface area contributed by atoms with E-state index in [4.69, 9.17) is 8.42 Å². The molecule has 0 unspecified atom stereocenters. The topological polar surface area (TPSA) is 63.2 Å². The summed E-state index contributed by atoms with van der Waals surface area (Å²) in [5.74, 6) is -0.0325. The summed E-state index contributed by atoms with van der Waals surface area (Å²) in [4.78, 5) is 10.8. The number of hydrogen-bond donors (Lipinski definition) is 1. The first-order chi connectivity index (χ1) is 7.61. The van der Waals surface area contributed by atoms with Crippen molar-refractivity contribution in [1.29, 1.82) is 0 Å². The van der Waals surface area contributed by atoms with E-state index in [1.807, 2.05) is 18.2 Å². The van der Waals surface area contributed by atoms with Gasteiger partial charge in [-0.1, -0.05) is 6.07 Å². The molecular weight excluding hydrogens is 515 g/mol. The van der Waals surface area contributed by atoms with Crippen molar-refractivity contribution in [3.8, 4) is 0 Å². The first-order valence-electron chi connectivity index (χ1n) is 3.97. The molecular formula is C8H7Cl2I2NO3S. The van der Waals surface area contributed by atoms with Crippen LogP contribution in [0.5, 0.6) is 0 Å². The highest BCUT2D eigenvalue weighted by atomic mass is 127. The van der Waals surface area contributed by atoms with Crippen molar-refractivity contribution >= 4 is 86.4 Å². The summed E-state index contributed by atoms with van der Waals surface area (Å²) in [6.45, 7) is 1.51. The largest absolute Gasteiger partial charge is 0.325 e. The van der Waals surface area contributed by atoms with Crippen LogP contribution in [0.2, 0.25) is 0 Å². The molecule has 0 saturated heterocycles. The first-order valence-corrected chi connectivity index (χ1v) is 9.26. The van der Waals surface area contributed by atoms with Gasteiger partial charge in [0.15, 0.2) is 0 Å². The second-order valence-corrected chi connectivity index (χ2v) is 8.57. The van der Waals surface area contributed by atoms with Gasteiger partial charge in [-0.15, -0.1) is 0 Å². The second kappa shape index (κ2) is 7.97. The summed E-state index contributed by atoms with van der Waals surface area (Å²) in [7, 11) is 4.81. The van der Waals surface area contributed by atoms with Crippen LogP contribution in [0.3, 0.4) is 0 Å². The average Bonchev–Trinajstić information content (AvgIpc) is 2.09. The van der Waals surface area contributed by atoms with Crippen molar-refractivity contribution in [3.63, 3.8) is 0 Å². The molecule has 0 saturated carbocycles. The molecule has 0 radical (unpaired) electrons. The molecule has 9 heteroatoms. The number of nitrogens with one attached hydrogen (secondary N) is 1. The minimum Gasteiger partial charge on any atom is -0.325 e. The minimum atomic E-state index is -3.72. The maximum atomic E-state index is 10.8. The maximum Gasteiger partial charge on any atom is 0.317 e. The van der Waals surface area contributed by atoms with E-state index in [0.717, 1.165) is 12.8 Å². The van der Waals surface area contributed by atoms with Gasteiger partial charge in [-0.3, -0.25) is 4.79 Å². The molecule has 0 aromatic heterocycles. The number of carbonyl (C=O) groups excluding carboxylic acids is 1. The zero-order chi connectivity index (χ0) is 13.6. The summed E-state index contributed by atoms with van der Waals surface area (Å²) in [6.07, 6.45) is 0. The molecule has 0 fully saturated rings. The van der Waals surface area contributed by atoms with Crippen LogP contribution < -0.4 is 5.32 Å². The van der Waals surface area contributed by atoms with E-state index in [2.05, 4.69) is 71.9 Å². The molecule has 1 aromatic carbocycles. The number of anilines is 1. The molecule has 0 atom stereocenters. The Hall–Kier alpha value is 0.680. The van der Waals surface area contributed by atoms with Gasteiger partial charge in [-0.25, -0.2) is 0 Å². The van der Waals surface area contributed by atoms with Crippen LogP contribution in [-0.4, -0.2) is 14.3 Å². The van der Waals surface area contributed by atoms with Gasteiger partial charge in [-0.05, 0) is 57.3 Å². The smallest absolute Gasteiger partial charge is 0.317 e. The summed E-state index contributed by atoms with van der Waals surface area (Å²) < 4.78 is 20.6. The molecule has 17 heavy (non-hydrogen) atoms. The monoisotopic (exact) mass is 521 g/mol. The third kappa shape index (κ3) is 10.3. The lowest BCUT2D eigenvalue weighted by Crippen LogP contribution is -2.07. The van der Waals surface area contributed by atoms with Crippen molar-refractivity contribution in [2.75, 3.05) is 5.32 Å². The van der Waals surface area contributed by atoms with Gasteiger partial charge in [0.25, 0.3) is 0 Å². The van der Waals surface area contributed by atoms with Gasteiger partial charge < -0.3 is 5.32 Å². The molecule has 0 heterocycles. The molecule has 0 bridgehead atoms. The van der Waals surface area contributed by atoms with Crippen molar-refractivity contribution in [2.45, 2.75) is 6.92 Å². The number of hydrogen-bond acceptors (Lipinski definition) is 3. The standard InChI is InChI=1S/C8H7I2NO.Cl2O2S/c1-5(12)11-7-4-2-3-6(9)8(7)10;1-5(2,3)4/h2-4H,1H3,(H,11,12);. The number of amides is 1. The van der Waals surface area contributed by atoms with Gasteiger partial charge >= 0.3 is 8.26 Å². The van der Waals surface area contributed by atoms with Crippen LogP contribution in [0.4, 0.5) is 5.69 Å². The van der Waals surface area contributed by atoms with E-state index in [0.29, 0.717) is 0 Å². The zero-order valence-corrected chi connectivity index (χ0v) is 15.0. The number of halogens is 4. The number of benzene rings is 1. The van der Waals surface area contributed by atoms with E-state index >= 15 is 0 Å². The van der Waals surface area contributed by atoms with Crippen LogP contribution in [0.1, 0.15) is 6.92 Å². The Labute approximate surface area is 136 Å². The minimum absolute atomic E-state index is 0.0325. The van der Waals surface area contributed by atoms with Crippen LogP contribution >= 0.6 is 66.5 Å². The van der Waals surface area contributed by atoms with Gasteiger partial charge in [0, 0.05) is 35.4 Å². The highest BCUT2D eigenvalue weighted by molar-refractivity contribution is 14.1. The van der Waals surface area contributed by atoms with Crippen LogP contribution in [0.15, 0.2) is 18.2 Å². The lowest BCUT2D eigenvalue weighted by molar-refractivity contribution is -0.114. The van der Waals surface area contributed by atoms with E-state index < -0.39 is 8.26 Å².